The molecule has 3 rings (SSSR count). The van der Waals surface area contributed by atoms with Crippen LogP contribution in [-0.4, -0.2) is 24.3 Å². The van der Waals surface area contributed by atoms with Crippen molar-refractivity contribution in [2.24, 2.45) is 10.8 Å². The van der Waals surface area contributed by atoms with Gasteiger partial charge in [-0.2, -0.15) is 0 Å². The fourth-order valence-electron chi connectivity index (χ4n) is 7.60. The summed E-state index contributed by atoms with van der Waals surface area (Å²) in [5.41, 5.74) is 0.835. The van der Waals surface area contributed by atoms with Crippen LogP contribution in [0.4, 0.5) is 9.59 Å². The van der Waals surface area contributed by atoms with E-state index in [1.165, 1.54) is 57.8 Å². The van der Waals surface area contributed by atoms with E-state index in [4.69, 9.17) is 9.47 Å². The smallest absolute Gasteiger partial charge is 0.410 e. The lowest BCUT2D eigenvalue weighted by atomic mass is 9.59. The van der Waals surface area contributed by atoms with E-state index >= 15 is 0 Å². The number of carbonyl (C=O) groups excluding carboxylic acids is 2. The lowest BCUT2D eigenvalue weighted by Gasteiger charge is -2.50. The molecule has 0 spiro atoms. The molecule has 256 valence electrons. The Morgan fingerprint density at radius 1 is 0.739 bits per heavy atom. The number of aryl methyl sites for hydroxylation is 1. The van der Waals surface area contributed by atoms with E-state index in [0.29, 0.717) is 11.5 Å². The Labute approximate surface area is 279 Å². The van der Waals surface area contributed by atoms with Crippen molar-refractivity contribution in [3.63, 3.8) is 0 Å². The molecule has 1 fully saturated rings. The molecule has 2 aromatic carbocycles. The van der Waals surface area contributed by atoms with Crippen LogP contribution in [0, 0.1) is 10.8 Å². The second-order valence-corrected chi connectivity index (χ2v) is 14.7. The molecule has 0 aromatic heterocycles. The first-order chi connectivity index (χ1) is 22.1. The highest BCUT2D eigenvalue weighted by atomic mass is 16.6. The highest BCUT2D eigenvalue weighted by Gasteiger charge is 2.46. The number of ether oxygens (including phenoxy) is 2. The average molecular weight is 635 g/mol. The minimum Gasteiger partial charge on any atom is -0.410 e. The fourth-order valence-corrected chi connectivity index (χ4v) is 7.60. The van der Waals surface area contributed by atoms with Gasteiger partial charge in [0, 0.05) is 12.1 Å². The summed E-state index contributed by atoms with van der Waals surface area (Å²) in [5, 5.41) is 6.50. The zero-order chi connectivity index (χ0) is 33.3. The molecule has 3 unspecified atom stereocenters. The Morgan fingerprint density at radius 2 is 1.35 bits per heavy atom. The van der Waals surface area contributed by atoms with Crippen molar-refractivity contribution in [3.05, 3.63) is 60.2 Å². The molecular weight excluding hydrogens is 572 g/mol. The molecule has 1 aliphatic carbocycles. The third-order valence-corrected chi connectivity index (χ3v) is 9.62. The third kappa shape index (κ3) is 13.4. The molecule has 0 saturated heterocycles. The third-order valence-electron chi connectivity index (χ3n) is 9.62. The largest absolute Gasteiger partial charge is 0.412 e. The maximum Gasteiger partial charge on any atom is 0.412 e. The Balaban J connectivity index is 1.66. The second kappa shape index (κ2) is 19.6. The molecule has 6 nitrogen and oxygen atoms in total. The number of nitrogens with one attached hydrogen (secondary N) is 2. The number of rotatable bonds is 19. The fraction of sp³-hybridized carbons (Fsp3) is 0.650. The van der Waals surface area contributed by atoms with Crippen molar-refractivity contribution in [3.8, 4) is 11.5 Å². The molecule has 0 radical (unpaired) electrons. The summed E-state index contributed by atoms with van der Waals surface area (Å²) in [6, 6.07) is 17.0. The van der Waals surface area contributed by atoms with Gasteiger partial charge in [0.1, 0.15) is 11.5 Å². The van der Waals surface area contributed by atoms with Gasteiger partial charge in [-0.05, 0) is 73.1 Å². The molecule has 2 aromatic rings. The van der Waals surface area contributed by atoms with Gasteiger partial charge in [0.25, 0.3) is 0 Å². The minimum absolute atomic E-state index is 0.0228. The van der Waals surface area contributed by atoms with E-state index < -0.39 is 12.2 Å². The summed E-state index contributed by atoms with van der Waals surface area (Å²) >= 11 is 0. The van der Waals surface area contributed by atoms with Gasteiger partial charge in [0.15, 0.2) is 0 Å². The van der Waals surface area contributed by atoms with Gasteiger partial charge in [-0.3, -0.25) is 0 Å². The van der Waals surface area contributed by atoms with E-state index in [9.17, 15) is 9.59 Å². The zero-order valence-corrected chi connectivity index (χ0v) is 29.5. The Morgan fingerprint density at radius 3 is 2.04 bits per heavy atom. The van der Waals surface area contributed by atoms with Crippen molar-refractivity contribution in [2.75, 3.05) is 0 Å². The summed E-state index contributed by atoms with van der Waals surface area (Å²) in [7, 11) is 0. The maximum absolute atomic E-state index is 13.3. The molecule has 1 aliphatic rings. The van der Waals surface area contributed by atoms with Crippen LogP contribution in [0.2, 0.25) is 0 Å². The van der Waals surface area contributed by atoms with Gasteiger partial charge >= 0.3 is 12.2 Å². The summed E-state index contributed by atoms with van der Waals surface area (Å²) in [6.07, 6.45) is 18.1. The first-order valence-electron chi connectivity index (χ1n) is 18.2. The predicted molar refractivity (Wildman–Crippen MR) is 190 cm³/mol. The molecular formula is C40H62N2O4. The van der Waals surface area contributed by atoms with Crippen LogP contribution in [-0.2, 0) is 6.42 Å². The second-order valence-electron chi connectivity index (χ2n) is 14.7. The summed E-state index contributed by atoms with van der Waals surface area (Å²) in [6.45, 7) is 11.3. The SMILES string of the molecule is CCCCCCCCc1ccccc1OC(=O)NC1CC(C)(C)CC(C)(C(CCCCCCCC)NC(=O)Oc2ccccc2)C1. The van der Waals surface area contributed by atoms with E-state index in [0.717, 1.165) is 56.9 Å². The van der Waals surface area contributed by atoms with E-state index in [-0.39, 0.29) is 22.9 Å². The van der Waals surface area contributed by atoms with Crippen LogP contribution in [0.25, 0.3) is 0 Å². The lowest BCUT2D eigenvalue weighted by Crippen LogP contribution is -2.55. The van der Waals surface area contributed by atoms with Crippen LogP contribution in [0.15, 0.2) is 54.6 Å². The van der Waals surface area contributed by atoms with Gasteiger partial charge in [-0.25, -0.2) is 9.59 Å². The summed E-state index contributed by atoms with van der Waals surface area (Å²) in [5.74, 6) is 1.18. The van der Waals surface area contributed by atoms with Crippen molar-refractivity contribution in [1.82, 2.24) is 10.6 Å². The predicted octanol–water partition coefficient (Wildman–Crippen LogP) is 11.2. The zero-order valence-electron chi connectivity index (χ0n) is 29.5. The maximum atomic E-state index is 13.3. The van der Waals surface area contributed by atoms with E-state index in [2.05, 4.69) is 51.3 Å². The minimum atomic E-state index is -0.419. The van der Waals surface area contributed by atoms with Gasteiger partial charge in [0.2, 0.25) is 0 Å². The van der Waals surface area contributed by atoms with Crippen LogP contribution in [0.1, 0.15) is 143 Å². The van der Waals surface area contributed by atoms with Crippen LogP contribution in [0.5, 0.6) is 11.5 Å². The van der Waals surface area contributed by atoms with E-state index in [1.54, 1.807) is 12.1 Å². The number of amides is 2. The van der Waals surface area contributed by atoms with Crippen LogP contribution >= 0.6 is 0 Å². The van der Waals surface area contributed by atoms with Crippen molar-refractivity contribution >= 4 is 12.2 Å². The van der Waals surface area contributed by atoms with Crippen molar-refractivity contribution in [2.45, 2.75) is 156 Å². The highest BCUT2D eigenvalue weighted by Crippen LogP contribution is 2.49. The Kier molecular flexibility index (Phi) is 15.9. The molecule has 2 amide bonds. The van der Waals surface area contributed by atoms with Crippen molar-refractivity contribution < 1.29 is 19.1 Å². The van der Waals surface area contributed by atoms with Gasteiger partial charge in [0.05, 0.1) is 0 Å². The standard InChI is InChI=1S/C40H62N2O4/c1-6-8-10-12-14-17-23-32-24-21-22-27-35(32)46-37(43)41-33-29-39(3,4)31-40(5,30-33)36(28-20-15-13-11-9-7-2)42-38(44)45-34-25-18-16-19-26-34/h16,18-19,21-22,24-27,33,36H,6-15,17,20,23,28-31H2,1-5H3,(H,41,43)(H,42,44). The molecule has 46 heavy (non-hydrogen) atoms. The first kappa shape index (κ1) is 37.4. The summed E-state index contributed by atoms with van der Waals surface area (Å²) in [4.78, 5) is 26.5. The first-order valence-corrected chi connectivity index (χ1v) is 18.2. The lowest BCUT2D eigenvalue weighted by molar-refractivity contribution is 0.0365. The molecule has 2 N–H and O–H groups in total. The molecule has 0 bridgehead atoms. The van der Waals surface area contributed by atoms with Gasteiger partial charge < -0.3 is 20.1 Å². The number of hydrogen-bond acceptors (Lipinski definition) is 4. The van der Waals surface area contributed by atoms with Crippen LogP contribution in [0.3, 0.4) is 0 Å². The van der Waals surface area contributed by atoms with Gasteiger partial charge in [-0.1, -0.05) is 142 Å². The molecule has 1 saturated carbocycles. The average Bonchev–Trinajstić information content (AvgIpc) is 3.00. The number of unbranched alkanes of at least 4 members (excludes halogenated alkanes) is 10. The number of benzene rings is 2. The number of para-hydroxylation sites is 2. The molecule has 0 aliphatic heterocycles. The quantitative estimate of drug-likeness (QED) is 0.151. The van der Waals surface area contributed by atoms with E-state index in [1.807, 2.05) is 36.4 Å². The van der Waals surface area contributed by atoms with Crippen molar-refractivity contribution in [1.29, 1.82) is 0 Å². The molecule has 3 atom stereocenters. The molecule has 0 heterocycles. The monoisotopic (exact) mass is 634 g/mol. The Bertz CT molecular complexity index is 1170. The molecule has 6 heteroatoms. The number of carbonyl (C=O) groups is 2. The topological polar surface area (TPSA) is 76.7 Å². The van der Waals surface area contributed by atoms with Crippen LogP contribution < -0.4 is 20.1 Å². The van der Waals surface area contributed by atoms with Gasteiger partial charge in [-0.15, -0.1) is 0 Å². The summed E-state index contributed by atoms with van der Waals surface area (Å²) < 4.78 is 11.6. The number of hydrogen-bond donors (Lipinski definition) is 2. The Hall–Kier alpha value is -3.02. The highest BCUT2D eigenvalue weighted by molar-refractivity contribution is 5.71. The normalized spacial score (nSPS) is 19.6.